The lowest BCUT2D eigenvalue weighted by atomic mass is 10.2. The average molecular weight is 365 g/mol. The van der Waals surface area contributed by atoms with Crippen molar-refractivity contribution in [3.05, 3.63) is 59.7 Å². The van der Waals surface area contributed by atoms with E-state index in [0.717, 1.165) is 28.9 Å². The molecule has 2 rings (SSSR count). The minimum absolute atomic E-state index is 0.178. The van der Waals surface area contributed by atoms with Crippen molar-refractivity contribution in [1.29, 1.82) is 0 Å². The highest BCUT2D eigenvalue weighted by atomic mass is 32.2. The molecule has 25 heavy (non-hydrogen) atoms. The molecule has 0 radical (unpaired) electrons. The van der Waals surface area contributed by atoms with Gasteiger partial charge in [-0.3, -0.25) is 0 Å². The molecule has 0 bridgehead atoms. The lowest BCUT2D eigenvalue weighted by Crippen LogP contribution is -2.38. The summed E-state index contributed by atoms with van der Waals surface area (Å²) in [5, 5.41) is 0. The minimum atomic E-state index is -4.27. The van der Waals surface area contributed by atoms with Crippen LogP contribution in [0.5, 0.6) is 5.75 Å². The third-order valence-electron chi connectivity index (χ3n) is 3.91. The molecular weight excluding hydrogens is 338 g/mol. The topological polar surface area (TPSA) is 66.4 Å². The van der Waals surface area contributed by atoms with E-state index in [4.69, 9.17) is 4.74 Å². The average Bonchev–Trinajstić information content (AvgIpc) is 2.55. The first kappa shape index (κ1) is 21.2. The zero-order valence-corrected chi connectivity index (χ0v) is 16.3. The van der Waals surface area contributed by atoms with Crippen LogP contribution in [0.3, 0.4) is 0 Å². The van der Waals surface area contributed by atoms with Crippen LogP contribution >= 0.6 is 0 Å². The van der Waals surface area contributed by atoms with Gasteiger partial charge < -0.3 is 13.8 Å². The van der Waals surface area contributed by atoms with Crippen molar-refractivity contribution in [1.82, 2.24) is 0 Å². The monoisotopic (exact) mass is 365 g/mol. The van der Waals surface area contributed by atoms with E-state index in [1.165, 1.54) is 17.7 Å². The summed E-state index contributed by atoms with van der Waals surface area (Å²) in [6.45, 7) is 6.21. The second-order valence-electron chi connectivity index (χ2n) is 6.53. The van der Waals surface area contributed by atoms with Crippen molar-refractivity contribution < 1.29 is 22.2 Å². The summed E-state index contributed by atoms with van der Waals surface area (Å²) in [6, 6.07) is 14.1. The zero-order chi connectivity index (χ0) is 19.1. The first-order valence-electron chi connectivity index (χ1n) is 8.05. The van der Waals surface area contributed by atoms with Crippen LogP contribution in [0.1, 0.15) is 18.1 Å². The number of rotatable bonds is 5. The molecule has 0 N–H and O–H groups in total. The Morgan fingerprint density at radius 3 is 2.16 bits per heavy atom. The van der Waals surface area contributed by atoms with Gasteiger partial charge in [0.15, 0.2) is 0 Å². The molecule has 0 atom stereocenters. The number of hydrogen-bond donors (Lipinski definition) is 0. The largest absolute Gasteiger partial charge is 0.744 e. The van der Waals surface area contributed by atoms with E-state index in [0.29, 0.717) is 0 Å². The van der Waals surface area contributed by atoms with Crippen molar-refractivity contribution in [2.45, 2.75) is 25.3 Å². The fourth-order valence-electron chi connectivity index (χ4n) is 2.08. The summed E-state index contributed by atoms with van der Waals surface area (Å²) in [4.78, 5) is -0.178. The molecule has 6 heteroatoms. The number of aryl methyl sites for hydroxylation is 1. The predicted octanol–water partition coefficient (Wildman–Crippen LogP) is 3.19. The number of hydrogen-bond acceptors (Lipinski definition) is 4. The fourth-order valence-corrected chi connectivity index (χ4v) is 2.55. The van der Waals surface area contributed by atoms with Gasteiger partial charge in [0, 0.05) is 5.56 Å². The first-order chi connectivity index (χ1) is 11.6. The van der Waals surface area contributed by atoms with Gasteiger partial charge in [-0.15, -0.1) is 0 Å². The highest BCUT2D eigenvalue weighted by molar-refractivity contribution is 7.85. The van der Waals surface area contributed by atoms with Crippen LogP contribution in [0.15, 0.2) is 53.4 Å². The summed E-state index contributed by atoms with van der Waals surface area (Å²) in [5.41, 5.74) is 2.26. The third-order valence-corrected chi connectivity index (χ3v) is 4.76. The van der Waals surface area contributed by atoms with E-state index in [1.54, 1.807) is 19.2 Å². The molecule has 0 unspecified atom stereocenters. The van der Waals surface area contributed by atoms with Gasteiger partial charge in [0.05, 0.1) is 32.6 Å². The van der Waals surface area contributed by atoms with E-state index >= 15 is 0 Å². The van der Waals surface area contributed by atoms with Crippen LogP contribution in [-0.4, -0.2) is 45.2 Å². The van der Waals surface area contributed by atoms with Crippen LogP contribution in [-0.2, 0) is 16.7 Å². The second-order valence-corrected chi connectivity index (χ2v) is 7.91. The van der Waals surface area contributed by atoms with Crippen LogP contribution in [0, 0.1) is 6.92 Å². The van der Waals surface area contributed by atoms with Crippen LogP contribution in [0.25, 0.3) is 0 Å². The molecule has 0 saturated heterocycles. The molecule has 2 aromatic carbocycles. The highest BCUT2D eigenvalue weighted by Gasteiger charge is 2.12. The van der Waals surface area contributed by atoms with Gasteiger partial charge in [0.25, 0.3) is 0 Å². The zero-order valence-electron chi connectivity index (χ0n) is 15.5. The number of methoxy groups -OCH3 is 1. The summed E-state index contributed by atoms with van der Waals surface area (Å²) in [6.07, 6.45) is 0. The van der Waals surface area contributed by atoms with Crippen molar-refractivity contribution in [2.75, 3.05) is 27.7 Å². The first-order valence-corrected chi connectivity index (χ1v) is 9.46. The van der Waals surface area contributed by atoms with Gasteiger partial charge in [0.1, 0.15) is 22.4 Å². The molecule has 0 aliphatic heterocycles. The summed E-state index contributed by atoms with van der Waals surface area (Å²) in [5.74, 6) is 0.943. The Bertz CT molecular complexity index is 768. The molecule has 0 aromatic heterocycles. The molecule has 0 heterocycles. The smallest absolute Gasteiger partial charge is 0.124 e. The standard InChI is InChI=1S/C12H20NO.C7H8O3S/c1-5-13(2,3)10-11-7-6-8-12(9-11)14-4;1-6-2-4-7(5-3-6)11(8,9)10/h6-9H,5,10H2,1-4H3;2-5H,1H3,(H,8,9,10)/q+1;/p-1. The summed E-state index contributed by atoms with van der Waals surface area (Å²) < 4.78 is 37.4. The van der Waals surface area contributed by atoms with Crippen molar-refractivity contribution in [3.63, 3.8) is 0 Å². The molecule has 0 amide bonds. The van der Waals surface area contributed by atoms with Crippen molar-refractivity contribution >= 4 is 10.1 Å². The van der Waals surface area contributed by atoms with E-state index in [1.807, 2.05) is 19.1 Å². The molecule has 5 nitrogen and oxygen atoms in total. The lowest BCUT2D eigenvalue weighted by molar-refractivity contribution is -0.901. The van der Waals surface area contributed by atoms with Crippen LogP contribution < -0.4 is 4.74 Å². The summed E-state index contributed by atoms with van der Waals surface area (Å²) in [7, 11) is 1.91. The summed E-state index contributed by atoms with van der Waals surface area (Å²) >= 11 is 0. The molecule has 0 saturated carbocycles. The number of ether oxygens (including phenoxy) is 1. The highest BCUT2D eigenvalue weighted by Crippen LogP contribution is 2.15. The Morgan fingerprint density at radius 1 is 1.08 bits per heavy atom. The normalized spacial score (nSPS) is 11.4. The SMILES string of the molecule is CC[N+](C)(C)Cc1cccc(OC)c1.Cc1ccc(S(=O)(=O)[O-])cc1. The molecule has 0 spiro atoms. The van der Waals surface area contributed by atoms with Crippen molar-refractivity contribution in [2.24, 2.45) is 0 Å². The van der Waals surface area contributed by atoms with E-state index in [-0.39, 0.29) is 4.90 Å². The van der Waals surface area contributed by atoms with E-state index < -0.39 is 10.1 Å². The second kappa shape index (κ2) is 8.99. The van der Waals surface area contributed by atoms with Gasteiger partial charge in [-0.1, -0.05) is 29.8 Å². The quantitative estimate of drug-likeness (QED) is 0.603. The molecule has 0 aliphatic carbocycles. The maximum Gasteiger partial charge on any atom is 0.124 e. The molecule has 0 aliphatic rings. The Kier molecular flexibility index (Phi) is 7.60. The van der Waals surface area contributed by atoms with Crippen LogP contribution in [0.2, 0.25) is 0 Å². The van der Waals surface area contributed by atoms with Gasteiger partial charge in [-0.25, -0.2) is 8.42 Å². The van der Waals surface area contributed by atoms with Crippen molar-refractivity contribution in [3.8, 4) is 5.75 Å². The minimum Gasteiger partial charge on any atom is -0.744 e. The van der Waals surface area contributed by atoms with Crippen LogP contribution in [0.4, 0.5) is 0 Å². The molecular formula is C19H27NO4S. The Hall–Kier alpha value is -1.89. The number of nitrogens with zero attached hydrogens (tertiary/aromatic N) is 1. The Balaban J connectivity index is 0.000000257. The van der Waals surface area contributed by atoms with Gasteiger partial charge in [0.2, 0.25) is 0 Å². The maximum absolute atomic E-state index is 10.4. The molecule has 0 fully saturated rings. The Morgan fingerprint density at radius 2 is 1.68 bits per heavy atom. The van der Waals surface area contributed by atoms with E-state index in [9.17, 15) is 13.0 Å². The lowest BCUT2D eigenvalue weighted by Gasteiger charge is -2.28. The Labute approximate surface area is 151 Å². The maximum atomic E-state index is 10.4. The van der Waals surface area contributed by atoms with E-state index in [2.05, 4.69) is 33.2 Å². The van der Waals surface area contributed by atoms with Gasteiger partial charge in [-0.2, -0.15) is 0 Å². The fraction of sp³-hybridized carbons (Fsp3) is 0.368. The molecule has 138 valence electrons. The van der Waals surface area contributed by atoms with Gasteiger partial charge >= 0.3 is 0 Å². The predicted molar refractivity (Wildman–Crippen MR) is 98.5 cm³/mol. The molecule has 2 aromatic rings. The van der Waals surface area contributed by atoms with Gasteiger partial charge in [-0.05, 0) is 38.1 Å². The number of benzene rings is 2. The number of quaternary nitrogens is 1. The third kappa shape index (κ3) is 7.69.